The molecular formula is C20H11FN4O5S. The number of nitrogens with zero attached hydrogens (tertiary/aromatic N) is 3. The Hall–Kier alpha value is -4.25. The zero-order valence-electron chi connectivity index (χ0n) is 15.4. The van der Waals surface area contributed by atoms with Crippen molar-refractivity contribution >= 4 is 50.1 Å². The summed E-state index contributed by atoms with van der Waals surface area (Å²) in [5.74, 6) is -1.14. The highest BCUT2D eigenvalue weighted by molar-refractivity contribution is 7.21. The number of nitro groups is 2. The molecule has 31 heavy (non-hydrogen) atoms. The lowest BCUT2D eigenvalue weighted by Crippen LogP contribution is -2.00. The topological polar surface area (TPSA) is 128 Å². The van der Waals surface area contributed by atoms with Gasteiger partial charge in [-0.3, -0.25) is 25.0 Å². The van der Waals surface area contributed by atoms with E-state index >= 15 is 0 Å². The molecule has 0 spiro atoms. The number of carbonyl (C=O) groups is 1. The number of aromatic nitrogens is 1. The van der Waals surface area contributed by atoms with Gasteiger partial charge < -0.3 is 5.32 Å². The Morgan fingerprint density at radius 3 is 2.35 bits per heavy atom. The molecule has 0 unspecified atom stereocenters. The number of non-ortho nitro benzene ring substituents is 1. The lowest BCUT2D eigenvalue weighted by Gasteiger charge is -2.08. The summed E-state index contributed by atoms with van der Waals surface area (Å²) in [4.78, 5) is 37.9. The van der Waals surface area contributed by atoms with Crippen molar-refractivity contribution in [2.45, 2.75) is 0 Å². The average Bonchev–Trinajstić information content (AvgIpc) is 3.20. The van der Waals surface area contributed by atoms with E-state index in [0.717, 1.165) is 17.4 Å². The summed E-state index contributed by atoms with van der Waals surface area (Å²) in [6, 6.07) is 13.4. The summed E-state index contributed by atoms with van der Waals surface area (Å²) in [5.41, 5.74) is 0.197. The van der Waals surface area contributed by atoms with Crippen LogP contribution in [0.5, 0.6) is 0 Å². The fourth-order valence-electron chi connectivity index (χ4n) is 2.91. The number of nitro benzene ring substituents is 2. The fraction of sp³-hybridized carbons (Fsp3) is 0. The number of anilines is 2. The van der Waals surface area contributed by atoms with Crippen LogP contribution in [0, 0.1) is 26.0 Å². The number of rotatable bonds is 6. The van der Waals surface area contributed by atoms with Gasteiger partial charge >= 0.3 is 0 Å². The van der Waals surface area contributed by atoms with Crippen molar-refractivity contribution in [3.63, 3.8) is 0 Å². The van der Waals surface area contributed by atoms with Gasteiger partial charge in [0.25, 0.3) is 11.4 Å². The second-order valence-corrected chi connectivity index (χ2v) is 7.32. The van der Waals surface area contributed by atoms with Crippen LogP contribution in [-0.2, 0) is 0 Å². The van der Waals surface area contributed by atoms with Gasteiger partial charge in [0.05, 0.1) is 25.8 Å². The van der Waals surface area contributed by atoms with Crippen LogP contribution in [0.25, 0.3) is 10.2 Å². The zero-order chi connectivity index (χ0) is 22.1. The number of nitrogens with one attached hydrogen (secondary N) is 1. The van der Waals surface area contributed by atoms with Crippen molar-refractivity contribution in [3.05, 3.63) is 97.3 Å². The van der Waals surface area contributed by atoms with E-state index in [2.05, 4.69) is 10.3 Å². The molecule has 0 fully saturated rings. The number of halogens is 1. The molecule has 0 aliphatic heterocycles. The highest BCUT2D eigenvalue weighted by Gasteiger charge is 2.21. The summed E-state index contributed by atoms with van der Waals surface area (Å²) < 4.78 is 14.9. The minimum absolute atomic E-state index is 0.0351. The van der Waals surface area contributed by atoms with Crippen LogP contribution in [0.3, 0.4) is 0 Å². The minimum atomic E-state index is -0.663. The van der Waals surface area contributed by atoms with Gasteiger partial charge in [-0.05, 0) is 30.3 Å². The van der Waals surface area contributed by atoms with Gasteiger partial charge in [-0.25, -0.2) is 9.37 Å². The zero-order valence-corrected chi connectivity index (χ0v) is 16.3. The number of benzene rings is 3. The Morgan fingerprint density at radius 2 is 1.68 bits per heavy atom. The molecule has 0 amide bonds. The second kappa shape index (κ2) is 7.88. The lowest BCUT2D eigenvalue weighted by molar-refractivity contribution is -0.384. The standard InChI is InChI=1S/C20H11FN4O5S/c21-13-9-10-15-19(17(13)22-14-3-1-2-4-16(14)25(29)30)31-20(23-15)18(26)11-5-7-12(8-6-11)24(27)28/h1-10,22H. The van der Waals surface area contributed by atoms with E-state index in [1.54, 1.807) is 6.07 Å². The number of para-hydroxylation sites is 2. The molecule has 11 heteroatoms. The van der Waals surface area contributed by atoms with E-state index in [1.165, 1.54) is 48.5 Å². The molecule has 0 radical (unpaired) electrons. The third-order valence-corrected chi connectivity index (χ3v) is 5.49. The number of fused-ring (bicyclic) bond motifs is 1. The maximum absolute atomic E-state index is 14.6. The molecule has 4 rings (SSSR count). The van der Waals surface area contributed by atoms with Gasteiger partial charge in [-0.2, -0.15) is 0 Å². The number of hydrogen-bond donors (Lipinski definition) is 1. The maximum atomic E-state index is 14.6. The first-order valence-electron chi connectivity index (χ1n) is 8.74. The van der Waals surface area contributed by atoms with Crippen molar-refractivity contribution in [2.75, 3.05) is 5.32 Å². The Balaban J connectivity index is 1.74. The summed E-state index contributed by atoms with van der Waals surface area (Å²) >= 11 is 0.918. The lowest BCUT2D eigenvalue weighted by atomic mass is 10.1. The van der Waals surface area contributed by atoms with E-state index in [1.807, 2.05) is 0 Å². The molecule has 1 N–H and O–H groups in total. The van der Waals surface area contributed by atoms with Gasteiger partial charge in [0, 0.05) is 23.8 Å². The van der Waals surface area contributed by atoms with E-state index in [4.69, 9.17) is 0 Å². The summed E-state index contributed by atoms with van der Waals surface area (Å²) in [6.07, 6.45) is 0. The minimum Gasteiger partial charge on any atom is -0.346 e. The van der Waals surface area contributed by atoms with Gasteiger partial charge in [-0.1, -0.05) is 12.1 Å². The predicted octanol–water partition coefficient (Wildman–Crippen LogP) is 5.23. The molecule has 0 saturated carbocycles. The Labute approximate surface area is 177 Å². The van der Waals surface area contributed by atoms with Gasteiger partial charge in [0.1, 0.15) is 11.5 Å². The molecule has 0 atom stereocenters. The Kier molecular flexibility index (Phi) is 5.09. The van der Waals surface area contributed by atoms with Crippen LogP contribution in [-0.4, -0.2) is 20.6 Å². The molecule has 0 aliphatic rings. The Bertz CT molecular complexity index is 1350. The normalized spacial score (nSPS) is 10.7. The first-order chi connectivity index (χ1) is 14.8. The smallest absolute Gasteiger partial charge is 0.292 e. The second-order valence-electron chi connectivity index (χ2n) is 6.32. The van der Waals surface area contributed by atoms with Gasteiger partial charge in [-0.15, -0.1) is 11.3 Å². The highest BCUT2D eigenvalue weighted by Crippen LogP contribution is 2.36. The molecule has 4 aromatic rings. The van der Waals surface area contributed by atoms with E-state index in [0.29, 0.717) is 10.2 Å². The van der Waals surface area contributed by atoms with Crippen LogP contribution < -0.4 is 5.32 Å². The van der Waals surface area contributed by atoms with Crippen molar-refractivity contribution in [2.24, 2.45) is 0 Å². The molecule has 0 saturated heterocycles. The molecule has 0 aliphatic carbocycles. The Morgan fingerprint density at radius 1 is 0.968 bits per heavy atom. The van der Waals surface area contributed by atoms with E-state index in [-0.39, 0.29) is 33.3 Å². The molecule has 9 nitrogen and oxygen atoms in total. The first-order valence-corrected chi connectivity index (χ1v) is 9.55. The van der Waals surface area contributed by atoms with Crippen molar-refractivity contribution < 1.29 is 19.0 Å². The largest absolute Gasteiger partial charge is 0.346 e. The third-order valence-electron chi connectivity index (χ3n) is 4.40. The summed E-state index contributed by atoms with van der Waals surface area (Å²) in [6.45, 7) is 0. The highest BCUT2D eigenvalue weighted by atomic mass is 32.1. The summed E-state index contributed by atoms with van der Waals surface area (Å²) in [5, 5.41) is 24.8. The average molecular weight is 438 g/mol. The number of thiazole rings is 1. The van der Waals surface area contributed by atoms with Gasteiger partial charge in [0.15, 0.2) is 5.01 Å². The van der Waals surface area contributed by atoms with Crippen molar-refractivity contribution in [1.82, 2.24) is 4.98 Å². The van der Waals surface area contributed by atoms with Gasteiger partial charge in [0.2, 0.25) is 5.78 Å². The van der Waals surface area contributed by atoms with Crippen LogP contribution in [0.1, 0.15) is 15.4 Å². The van der Waals surface area contributed by atoms with Crippen molar-refractivity contribution in [1.29, 1.82) is 0 Å². The van der Waals surface area contributed by atoms with Crippen molar-refractivity contribution in [3.8, 4) is 0 Å². The van der Waals surface area contributed by atoms with E-state index in [9.17, 15) is 29.4 Å². The molecule has 1 aromatic heterocycles. The molecule has 0 bridgehead atoms. The quantitative estimate of drug-likeness (QED) is 0.248. The maximum Gasteiger partial charge on any atom is 0.292 e. The molecule has 1 heterocycles. The van der Waals surface area contributed by atoms with Crippen LogP contribution in [0.15, 0.2) is 60.7 Å². The molecule has 3 aromatic carbocycles. The third kappa shape index (κ3) is 3.81. The molecule has 154 valence electrons. The number of ketones is 1. The summed E-state index contributed by atoms with van der Waals surface area (Å²) in [7, 11) is 0. The number of carbonyl (C=O) groups excluding carboxylic acids is 1. The molecular weight excluding hydrogens is 427 g/mol. The predicted molar refractivity (Wildman–Crippen MR) is 112 cm³/mol. The SMILES string of the molecule is O=C(c1ccc([N+](=O)[O-])cc1)c1nc2ccc(F)c(Nc3ccccc3[N+](=O)[O-])c2s1. The van der Waals surface area contributed by atoms with Crippen LogP contribution >= 0.6 is 11.3 Å². The van der Waals surface area contributed by atoms with Crippen LogP contribution in [0.2, 0.25) is 0 Å². The van der Waals surface area contributed by atoms with Crippen LogP contribution in [0.4, 0.5) is 27.1 Å². The van der Waals surface area contributed by atoms with E-state index < -0.39 is 21.4 Å². The fourth-order valence-corrected chi connectivity index (χ4v) is 3.93. The first kappa shape index (κ1) is 20.0. The number of hydrogen-bond acceptors (Lipinski definition) is 8. The monoisotopic (exact) mass is 438 g/mol.